The minimum atomic E-state index is -0.911. The largest absolute Gasteiger partial charge is 0.379 e. The van der Waals surface area contributed by atoms with Crippen molar-refractivity contribution in [3.63, 3.8) is 0 Å². The second-order valence-corrected chi connectivity index (χ2v) is 11.5. The molecule has 1 unspecified atom stereocenters. The maximum Gasteiger partial charge on any atom is 0.253 e. The molecule has 2 heterocycles. The third-order valence-corrected chi connectivity index (χ3v) is 7.78. The van der Waals surface area contributed by atoms with Crippen molar-refractivity contribution in [3.05, 3.63) is 24.3 Å². The van der Waals surface area contributed by atoms with E-state index in [9.17, 15) is 38.4 Å². The zero-order valence-corrected chi connectivity index (χ0v) is 29.6. The molecule has 0 radical (unpaired) electrons. The van der Waals surface area contributed by atoms with Crippen LogP contribution in [0.5, 0.6) is 0 Å². The molecule has 0 fully saturated rings. The molecule has 1 atom stereocenters. The number of unbranched alkanes of at least 4 members (excludes halogenated alkanes) is 1. The number of alkyl halides is 1. The summed E-state index contributed by atoms with van der Waals surface area (Å²) in [5.41, 5.74) is 0. The van der Waals surface area contributed by atoms with Gasteiger partial charge in [-0.15, -0.1) is 0 Å². The van der Waals surface area contributed by atoms with Crippen LogP contribution < -0.4 is 16.0 Å². The Labute approximate surface area is 298 Å². The third-order valence-electron chi connectivity index (χ3n) is 7.16. The summed E-state index contributed by atoms with van der Waals surface area (Å²) < 4.78 is 21.6. The van der Waals surface area contributed by atoms with Crippen molar-refractivity contribution in [2.75, 3.05) is 84.4 Å². The summed E-state index contributed by atoms with van der Waals surface area (Å²) in [6, 6.07) is -0.911. The van der Waals surface area contributed by atoms with E-state index in [1.807, 2.05) is 0 Å². The van der Waals surface area contributed by atoms with Crippen LogP contribution in [0.3, 0.4) is 0 Å². The van der Waals surface area contributed by atoms with Crippen molar-refractivity contribution in [1.82, 2.24) is 25.8 Å². The summed E-state index contributed by atoms with van der Waals surface area (Å²) >= 11 is 3.09. The first kappa shape index (κ1) is 42.3. The Morgan fingerprint density at radius 3 is 1.60 bits per heavy atom. The Morgan fingerprint density at radius 1 is 0.600 bits per heavy atom. The summed E-state index contributed by atoms with van der Waals surface area (Å²) in [5.74, 6) is -3.15. The van der Waals surface area contributed by atoms with Crippen molar-refractivity contribution < 1.29 is 57.3 Å². The number of rotatable bonds is 29. The molecule has 2 aliphatic heterocycles. The molecule has 0 aromatic carbocycles. The van der Waals surface area contributed by atoms with E-state index < -0.39 is 41.5 Å². The first-order chi connectivity index (χ1) is 24.1. The highest BCUT2D eigenvalue weighted by Gasteiger charge is 2.26. The van der Waals surface area contributed by atoms with Crippen LogP contribution in [0.15, 0.2) is 24.3 Å². The lowest BCUT2D eigenvalue weighted by atomic mass is 10.1. The van der Waals surface area contributed by atoms with Crippen molar-refractivity contribution in [2.45, 2.75) is 44.6 Å². The lowest BCUT2D eigenvalue weighted by Gasteiger charge is -2.20. The maximum atomic E-state index is 12.9. The van der Waals surface area contributed by atoms with E-state index in [0.29, 0.717) is 64.2 Å². The van der Waals surface area contributed by atoms with E-state index in [2.05, 4.69) is 31.9 Å². The smallest absolute Gasteiger partial charge is 0.253 e. The third kappa shape index (κ3) is 17.7. The minimum absolute atomic E-state index is 0.0259. The molecule has 0 aliphatic carbocycles. The van der Waals surface area contributed by atoms with E-state index in [0.717, 1.165) is 34.1 Å². The van der Waals surface area contributed by atoms with E-state index in [-0.39, 0.29) is 70.3 Å². The standard InChI is InChI=1S/C32H46BrN5O12/c33-23-24(39)10-15-47-17-19-49-21-22-50-20-18-48-16-12-35-32(46)25(36-27(41)9-14-38-30(44)6-7-31(38)45)3-1-2-11-34-26(40)8-13-37-28(42)4-5-29(37)43/h4-7,25H,1-3,8-23H2,(H,34,40)(H,35,46)(H,36,41). The molecule has 3 N–H and O–H groups in total. The lowest BCUT2D eigenvalue weighted by molar-refractivity contribution is -0.139. The highest BCUT2D eigenvalue weighted by molar-refractivity contribution is 9.09. The fraction of sp³-hybridized carbons (Fsp3) is 0.625. The number of nitrogens with zero attached hydrogens (tertiary/aromatic N) is 2. The normalized spacial score (nSPS) is 14.5. The number of carbonyl (C=O) groups is 8. The van der Waals surface area contributed by atoms with Gasteiger partial charge in [0.1, 0.15) is 11.8 Å². The van der Waals surface area contributed by atoms with E-state index >= 15 is 0 Å². The fourth-order valence-electron chi connectivity index (χ4n) is 4.44. The van der Waals surface area contributed by atoms with Gasteiger partial charge in [0, 0.05) is 69.7 Å². The van der Waals surface area contributed by atoms with Gasteiger partial charge >= 0.3 is 0 Å². The number of hydrogen-bond donors (Lipinski definition) is 3. The van der Waals surface area contributed by atoms with Gasteiger partial charge in [-0.1, -0.05) is 15.9 Å². The van der Waals surface area contributed by atoms with Crippen LogP contribution in [-0.2, 0) is 57.3 Å². The summed E-state index contributed by atoms with van der Waals surface area (Å²) in [7, 11) is 0. The average molecular weight is 773 g/mol. The molecule has 17 nitrogen and oxygen atoms in total. The van der Waals surface area contributed by atoms with Gasteiger partial charge in [-0.2, -0.15) is 0 Å². The van der Waals surface area contributed by atoms with Gasteiger partial charge in [0.25, 0.3) is 23.6 Å². The molecule has 7 amide bonds. The van der Waals surface area contributed by atoms with Crippen LogP contribution >= 0.6 is 15.9 Å². The minimum Gasteiger partial charge on any atom is -0.379 e. The molecule has 0 saturated heterocycles. The number of ether oxygens (including phenoxy) is 4. The molecule has 0 aromatic rings. The fourth-order valence-corrected chi connectivity index (χ4v) is 4.72. The molecule has 2 aliphatic rings. The van der Waals surface area contributed by atoms with Crippen molar-refractivity contribution in [3.8, 4) is 0 Å². The number of imide groups is 2. The molecular formula is C32H46BrN5O12. The Bertz CT molecular complexity index is 1210. The summed E-state index contributed by atoms with van der Waals surface area (Å²) in [6.45, 7) is 2.99. The molecular weight excluding hydrogens is 726 g/mol. The Kier molecular flexibility index (Phi) is 21.3. The quantitative estimate of drug-likeness (QED) is 0.0471. The number of carbonyl (C=O) groups excluding carboxylic acids is 8. The van der Waals surface area contributed by atoms with Crippen LogP contribution in [0.4, 0.5) is 0 Å². The Morgan fingerprint density at radius 2 is 1.08 bits per heavy atom. The van der Waals surface area contributed by atoms with Gasteiger partial charge in [-0.3, -0.25) is 48.2 Å². The number of Topliss-reactive ketones (excluding diaryl/α,β-unsaturated/α-hetero) is 1. The molecule has 0 aromatic heterocycles. The van der Waals surface area contributed by atoms with Crippen LogP contribution in [-0.4, -0.2) is 147 Å². The molecule has 0 bridgehead atoms. The molecule has 2 rings (SSSR count). The van der Waals surface area contributed by atoms with Crippen molar-refractivity contribution in [1.29, 1.82) is 0 Å². The number of ketones is 1. The first-order valence-electron chi connectivity index (χ1n) is 16.4. The van der Waals surface area contributed by atoms with Crippen LogP contribution in [0.25, 0.3) is 0 Å². The zero-order valence-electron chi connectivity index (χ0n) is 28.0. The van der Waals surface area contributed by atoms with Gasteiger partial charge < -0.3 is 34.9 Å². The van der Waals surface area contributed by atoms with Gasteiger partial charge in [0.15, 0.2) is 0 Å². The van der Waals surface area contributed by atoms with Crippen LogP contribution in [0, 0.1) is 0 Å². The predicted octanol–water partition coefficient (Wildman–Crippen LogP) is -1.08. The highest BCUT2D eigenvalue weighted by Crippen LogP contribution is 2.07. The molecule has 278 valence electrons. The molecule has 0 spiro atoms. The lowest BCUT2D eigenvalue weighted by Crippen LogP contribution is -2.48. The number of nitrogens with one attached hydrogen (secondary N) is 3. The van der Waals surface area contributed by atoms with Crippen LogP contribution in [0.1, 0.15) is 38.5 Å². The van der Waals surface area contributed by atoms with Crippen LogP contribution in [0.2, 0.25) is 0 Å². The van der Waals surface area contributed by atoms with E-state index in [4.69, 9.17) is 18.9 Å². The van der Waals surface area contributed by atoms with Crippen molar-refractivity contribution >= 4 is 63.1 Å². The Hall–Kier alpha value is -3.84. The highest BCUT2D eigenvalue weighted by atomic mass is 79.9. The molecule has 0 saturated carbocycles. The molecule has 18 heteroatoms. The van der Waals surface area contributed by atoms with Gasteiger partial charge in [0.05, 0.1) is 58.2 Å². The predicted molar refractivity (Wildman–Crippen MR) is 179 cm³/mol. The monoisotopic (exact) mass is 771 g/mol. The van der Waals surface area contributed by atoms with E-state index in [1.165, 1.54) is 0 Å². The summed E-state index contributed by atoms with van der Waals surface area (Å²) in [5, 5.41) is 8.41. The summed E-state index contributed by atoms with van der Waals surface area (Å²) in [4.78, 5) is 97.5. The Balaban J connectivity index is 1.62. The average Bonchev–Trinajstić information content (AvgIpc) is 3.60. The maximum absolute atomic E-state index is 12.9. The second-order valence-electron chi connectivity index (χ2n) is 11.0. The SMILES string of the molecule is O=C(CBr)CCOCCOCCOCCOCCNC(=O)C(CCCCNC(=O)CCN1C(=O)C=CC1=O)NC(=O)CCN1C(=O)C=CC1=O. The van der Waals surface area contributed by atoms with Gasteiger partial charge in [-0.25, -0.2) is 0 Å². The number of amides is 7. The second kappa shape index (κ2) is 25.2. The zero-order chi connectivity index (χ0) is 36.6. The number of halogens is 1. The van der Waals surface area contributed by atoms with Crippen molar-refractivity contribution in [2.24, 2.45) is 0 Å². The topological polar surface area (TPSA) is 216 Å². The van der Waals surface area contributed by atoms with Gasteiger partial charge in [0.2, 0.25) is 17.7 Å². The summed E-state index contributed by atoms with van der Waals surface area (Å²) in [6.07, 6.45) is 5.88. The number of hydrogen-bond acceptors (Lipinski definition) is 12. The van der Waals surface area contributed by atoms with Gasteiger partial charge in [-0.05, 0) is 19.3 Å². The molecule has 50 heavy (non-hydrogen) atoms. The van der Waals surface area contributed by atoms with E-state index in [1.54, 1.807) is 0 Å². The first-order valence-corrected chi connectivity index (χ1v) is 17.5.